The zero-order valence-corrected chi connectivity index (χ0v) is 12.5. The maximum absolute atomic E-state index is 12.1. The van der Waals surface area contributed by atoms with Crippen molar-refractivity contribution in [2.75, 3.05) is 5.32 Å². The van der Waals surface area contributed by atoms with Gasteiger partial charge in [0.05, 0.1) is 10.2 Å². The number of anilines is 2. The molecule has 0 bridgehead atoms. The van der Waals surface area contributed by atoms with Crippen molar-refractivity contribution in [2.24, 2.45) is 0 Å². The first-order valence-electron chi connectivity index (χ1n) is 6.42. The summed E-state index contributed by atoms with van der Waals surface area (Å²) >= 11 is 1.00. The molecule has 2 N–H and O–H groups in total. The Morgan fingerprint density at radius 3 is 2.54 bits per heavy atom. The quantitative estimate of drug-likeness (QED) is 0.735. The lowest BCUT2D eigenvalue weighted by atomic mass is 10.3. The van der Waals surface area contributed by atoms with Crippen molar-refractivity contribution in [1.82, 2.24) is 9.97 Å². The highest BCUT2D eigenvalue weighted by Gasteiger charge is 2.30. The molecule has 0 aliphatic heterocycles. The van der Waals surface area contributed by atoms with Gasteiger partial charge < -0.3 is 15.2 Å². The number of nitrogens with zero attached hydrogens (tertiary/aromatic N) is 2. The van der Waals surface area contributed by atoms with Gasteiger partial charge in [-0.25, -0.2) is 14.8 Å². The van der Waals surface area contributed by atoms with Crippen LogP contribution in [0.15, 0.2) is 36.7 Å². The normalized spacial score (nSPS) is 11.5. The van der Waals surface area contributed by atoms with E-state index in [0.717, 1.165) is 23.5 Å². The summed E-state index contributed by atoms with van der Waals surface area (Å²) in [6.07, 6.45) is -3.48. The van der Waals surface area contributed by atoms with Gasteiger partial charge in [0.1, 0.15) is 17.0 Å². The summed E-state index contributed by atoms with van der Waals surface area (Å²) in [5.74, 6) is -1.05. The summed E-state index contributed by atoms with van der Waals surface area (Å²) < 4.78 is 40.7. The van der Waals surface area contributed by atoms with Crippen LogP contribution in [0.4, 0.5) is 24.7 Å². The maximum atomic E-state index is 12.1. The number of rotatable bonds is 4. The predicted molar refractivity (Wildman–Crippen MR) is 80.8 cm³/mol. The predicted octanol–water partition coefficient (Wildman–Crippen LogP) is 4.03. The number of fused-ring (bicyclic) bond motifs is 1. The number of nitrogens with one attached hydrogen (secondary N) is 1. The zero-order chi connectivity index (χ0) is 17.3. The topological polar surface area (TPSA) is 84.3 Å². The van der Waals surface area contributed by atoms with Gasteiger partial charge in [0.15, 0.2) is 5.82 Å². The molecule has 0 unspecified atom stereocenters. The number of hydrogen-bond acceptors (Lipinski definition) is 6. The lowest BCUT2D eigenvalue weighted by Gasteiger charge is -2.10. The molecule has 0 spiro atoms. The fourth-order valence-corrected chi connectivity index (χ4v) is 2.82. The first kappa shape index (κ1) is 16.0. The largest absolute Gasteiger partial charge is 0.573 e. The molecule has 1 aromatic carbocycles. The highest BCUT2D eigenvalue weighted by molar-refractivity contribution is 7.21. The molecule has 124 valence electrons. The molecule has 0 saturated heterocycles. The number of aromatic nitrogens is 2. The van der Waals surface area contributed by atoms with Gasteiger partial charge in [-0.2, -0.15) is 0 Å². The Balaban J connectivity index is 1.86. The van der Waals surface area contributed by atoms with E-state index in [1.807, 2.05) is 0 Å². The van der Waals surface area contributed by atoms with Gasteiger partial charge in [-0.1, -0.05) is 0 Å². The smallest absolute Gasteiger partial charge is 0.477 e. The Morgan fingerprint density at radius 2 is 1.92 bits per heavy atom. The first-order valence-corrected chi connectivity index (χ1v) is 7.24. The number of hydrogen-bond donors (Lipinski definition) is 2. The number of alkyl halides is 3. The van der Waals surface area contributed by atoms with E-state index in [9.17, 15) is 18.0 Å². The number of ether oxygens (including phenoxy) is 1. The molecule has 6 nitrogen and oxygen atoms in total. The fraction of sp³-hybridized carbons (Fsp3) is 0.0714. The van der Waals surface area contributed by atoms with Gasteiger partial charge in [0.2, 0.25) is 0 Å². The molecule has 2 aromatic heterocycles. The van der Waals surface area contributed by atoms with Gasteiger partial charge in [-0.15, -0.1) is 24.5 Å². The van der Waals surface area contributed by atoms with Crippen molar-refractivity contribution in [3.8, 4) is 5.75 Å². The van der Waals surface area contributed by atoms with Gasteiger partial charge in [-0.05, 0) is 30.3 Å². The van der Waals surface area contributed by atoms with Gasteiger partial charge in [0.25, 0.3) is 0 Å². The Kier molecular flexibility index (Phi) is 3.97. The third-order valence-electron chi connectivity index (χ3n) is 2.87. The van der Waals surface area contributed by atoms with E-state index in [1.165, 1.54) is 24.5 Å². The summed E-state index contributed by atoms with van der Waals surface area (Å²) in [5.41, 5.74) is 0.932. The number of carbonyl (C=O) groups is 1. The van der Waals surface area contributed by atoms with Gasteiger partial charge in [-0.3, -0.25) is 0 Å². The van der Waals surface area contributed by atoms with Crippen LogP contribution in [0.25, 0.3) is 10.2 Å². The molecular formula is C14H8F3N3O3S. The van der Waals surface area contributed by atoms with Crippen molar-refractivity contribution in [1.29, 1.82) is 0 Å². The fourth-order valence-electron chi connectivity index (χ4n) is 1.93. The average Bonchev–Trinajstić information content (AvgIpc) is 2.93. The number of thiophene rings is 1. The van der Waals surface area contributed by atoms with Crippen LogP contribution in [0.2, 0.25) is 0 Å². The first-order chi connectivity index (χ1) is 11.3. The summed E-state index contributed by atoms with van der Waals surface area (Å²) in [6, 6.07) is 6.52. The molecule has 0 aliphatic carbocycles. The van der Waals surface area contributed by atoms with E-state index < -0.39 is 12.3 Å². The monoisotopic (exact) mass is 355 g/mol. The van der Waals surface area contributed by atoms with E-state index in [4.69, 9.17) is 5.11 Å². The van der Waals surface area contributed by atoms with Crippen LogP contribution >= 0.6 is 11.3 Å². The molecule has 0 amide bonds. The van der Waals surface area contributed by atoms with Crippen LogP contribution in [0.3, 0.4) is 0 Å². The zero-order valence-electron chi connectivity index (χ0n) is 11.7. The van der Waals surface area contributed by atoms with Crippen molar-refractivity contribution in [3.63, 3.8) is 0 Å². The molecular weight excluding hydrogens is 347 g/mol. The van der Waals surface area contributed by atoms with Crippen molar-refractivity contribution in [2.45, 2.75) is 6.36 Å². The molecule has 0 aliphatic rings. The molecule has 0 fully saturated rings. The average molecular weight is 355 g/mol. The Bertz CT molecular complexity index is 894. The van der Waals surface area contributed by atoms with E-state index in [1.54, 1.807) is 0 Å². The molecule has 3 rings (SSSR count). The van der Waals surface area contributed by atoms with E-state index in [-0.39, 0.29) is 10.6 Å². The van der Waals surface area contributed by atoms with Crippen LogP contribution < -0.4 is 10.1 Å². The van der Waals surface area contributed by atoms with Crippen LogP contribution in [0.5, 0.6) is 5.75 Å². The highest BCUT2D eigenvalue weighted by Crippen LogP contribution is 2.31. The van der Waals surface area contributed by atoms with Crippen molar-refractivity contribution in [3.05, 3.63) is 41.5 Å². The summed E-state index contributed by atoms with van der Waals surface area (Å²) in [5, 5.41) is 11.9. The number of carboxylic acids is 1. The third-order valence-corrected chi connectivity index (χ3v) is 3.99. The van der Waals surface area contributed by atoms with Gasteiger partial charge >= 0.3 is 12.3 Å². The minimum Gasteiger partial charge on any atom is -0.477 e. The second kappa shape index (κ2) is 5.96. The van der Waals surface area contributed by atoms with E-state index in [2.05, 4.69) is 20.0 Å². The molecule has 3 aromatic rings. The SMILES string of the molecule is O=C(O)c1cc2ncnc(Nc3ccc(OC(F)(F)F)cc3)c2s1. The van der Waals surface area contributed by atoms with E-state index in [0.29, 0.717) is 21.7 Å². The van der Waals surface area contributed by atoms with Crippen molar-refractivity contribution < 1.29 is 27.8 Å². The molecule has 2 heterocycles. The summed E-state index contributed by atoms with van der Waals surface area (Å²) in [4.78, 5) is 19.2. The molecule has 10 heteroatoms. The van der Waals surface area contributed by atoms with Crippen LogP contribution in [0, 0.1) is 0 Å². The standard InChI is InChI=1S/C14H8F3N3O3S/c15-14(16,17)23-8-3-1-7(2-4-8)20-12-11-9(18-6-19-12)5-10(24-11)13(21)22/h1-6H,(H,21,22)(H,18,19,20). The maximum Gasteiger partial charge on any atom is 0.573 e. The lowest BCUT2D eigenvalue weighted by Crippen LogP contribution is -2.16. The molecule has 24 heavy (non-hydrogen) atoms. The minimum atomic E-state index is -4.75. The number of carboxylic acid groups (broad SMARTS) is 1. The van der Waals surface area contributed by atoms with Gasteiger partial charge in [0, 0.05) is 5.69 Å². The lowest BCUT2D eigenvalue weighted by molar-refractivity contribution is -0.274. The van der Waals surface area contributed by atoms with Crippen LogP contribution in [-0.2, 0) is 0 Å². The number of aromatic carboxylic acids is 1. The second-order valence-electron chi connectivity index (χ2n) is 4.55. The van der Waals surface area contributed by atoms with Crippen LogP contribution in [-0.4, -0.2) is 27.4 Å². The van der Waals surface area contributed by atoms with Crippen molar-refractivity contribution >= 4 is 39.0 Å². The highest BCUT2D eigenvalue weighted by atomic mass is 32.1. The second-order valence-corrected chi connectivity index (χ2v) is 5.60. The minimum absolute atomic E-state index is 0.113. The summed E-state index contributed by atoms with van der Waals surface area (Å²) in [7, 11) is 0. The molecule has 0 saturated carbocycles. The third kappa shape index (κ3) is 3.54. The Hall–Kier alpha value is -2.88. The number of benzene rings is 1. The number of halogens is 3. The molecule has 0 radical (unpaired) electrons. The Labute approximate surface area is 136 Å². The Morgan fingerprint density at radius 1 is 1.21 bits per heavy atom. The van der Waals surface area contributed by atoms with E-state index >= 15 is 0 Å². The summed E-state index contributed by atoms with van der Waals surface area (Å²) in [6.45, 7) is 0. The molecule has 0 atom stereocenters. The van der Waals surface area contributed by atoms with Crippen LogP contribution in [0.1, 0.15) is 9.67 Å².